The van der Waals surface area contributed by atoms with Crippen molar-refractivity contribution in [3.63, 3.8) is 0 Å². The van der Waals surface area contributed by atoms with E-state index < -0.39 is 0 Å². The quantitative estimate of drug-likeness (QED) is 0.678. The van der Waals surface area contributed by atoms with Crippen LogP contribution in [-0.4, -0.2) is 53.0 Å². The molecule has 2 aromatic heterocycles. The summed E-state index contributed by atoms with van der Waals surface area (Å²) in [7, 11) is 1.74. The van der Waals surface area contributed by atoms with E-state index >= 15 is 0 Å². The summed E-state index contributed by atoms with van der Waals surface area (Å²) in [5.41, 5.74) is 0. The first-order valence-corrected chi connectivity index (χ1v) is 6.99. The molecule has 0 atom stereocenters. The Morgan fingerprint density at radius 1 is 1.26 bits per heavy atom. The average molecular weight is 283 g/mol. The van der Waals surface area contributed by atoms with Crippen molar-refractivity contribution in [1.82, 2.24) is 45.7 Å². The molecule has 2 aromatic rings. The Bertz CT molecular complexity index is 505. The van der Waals surface area contributed by atoms with Crippen LogP contribution in [0, 0.1) is 0 Å². The van der Waals surface area contributed by atoms with E-state index in [0.717, 1.165) is 18.2 Å². The Morgan fingerprint density at radius 3 is 2.79 bits per heavy atom. The molecule has 0 aromatic carbocycles. The van der Waals surface area contributed by atoms with Gasteiger partial charge in [0.1, 0.15) is 0 Å². The van der Waals surface area contributed by atoms with E-state index in [-0.39, 0.29) is 0 Å². The number of thioether (sulfide) groups is 1. The Kier molecular flexibility index (Phi) is 4.80. The minimum absolute atomic E-state index is 0.455. The van der Waals surface area contributed by atoms with Crippen LogP contribution >= 0.6 is 11.8 Å². The predicted molar refractivity (Wildman–Crippen MR) is 69.3 cm³/mol. The van der Waals surface area contributed by atoms with Crippen molar-refractivity contribution in [2.75, 3.05) is 6.54 Å². The normalized spacial score (nSPS) is 11.4. The number of aromatic nitrogens is 8. The molecule has 0 aliphatic heterocycles. The molecule has 0 fully saturated rings. The highest BCUT2D eigenvalue weighted by Gasteiger charge is 2.09. The molecule has 2 rings (SSSR count). The largest absolute Gasteiger partial charge is 0.313 e. The third-order valence-electron chi connectivity index (χ3n) is 2.26. The van der Waals surface area contributed by atoms with E-state index in [4.69, 9.17) is 0 Å². The fraction of sp³-hybridized carbons (Fsp3) is 0.778. The number of hydrogen-bond acceptors (Lipinski definition) is 8. The zero-order valence-electron chi connectivity index (χ0n) is 11.2. The predicted octanol–water partition coefficient (Wildman–Crippen LogP) is -0.513. The van der Waals surface area contributed by atoms with Gasteiger partial charge >= 0.3 is 0 Å². The van der Waals surface area contributed by atoms with Crippen LogP contribution in [0.1, 0.15) is 19.7 Å². The molecule has 0 bridgehead atoms. The molecule has 0 saturated carbocycles. The van der Waals surface area contributed by atoms with Crippen LogP contribution in [0.4, 0.5) is 0 Å². The van der Waals surface area contributed by atoms with Gasteiger partial charge in [0.2, 0.25) is 5.16 Å². The van der Waals surface area contributed by atoms with Gasteiger partial charge in [0.15, 0.2) is 5.82 Å². The number of rotatable bonds is 7. The lowest BCUT2D eigenvalue weighted by atomic mass is 10.4. The van der Waals surface area contributed by atoms with Gasteiger partial charge < -0.3 is 5.32 Å². The number of hydrogen-bond donors (Lipinski definition) is 1. The molecule has 0 spiro atoms. The maximum Gasteiger partial charge on any atom is 0.209 e. The van der Waals surface area contributed by atoms with Crippen LogP contribution in [-0.2, 0) is 19.3 Å². The molecular formula is C9H17N9S. The molecule has 1 N–H and O–H groups in total. The Morgan fingerprint density at radius 2 is 2.11 bits per heavy atom. The van der Waals surface area contributed by atoms with Gasteiger partial charge in [0.05, 0.1) is 19.3 Å². The van der Waals surface area contributed by atoms with Gasteiger partial charge in [-0.2, -0.15) is 4.80 Å². The molecule has 9 nitrogen and oxygen atoms in total. The highest BCUT2D eigenvalue weighted by atomic mass is 32.2. The summed E-state index contributed by atoms with van der Waals surface area (Å²) in [5, 5.41) is 27.5. The van der Waals surface area contributed by atoms with E-state index in [9.17, 15) is 0 Å². The molecule has 19 heavy (non-hydrogen) atoms. The number of tetrazole rings is 2. The first-order valence-electron chi connectivity index (χ1n) is 6.00. The fourth-order valence-electron chi connectivity index (χ4n) is 1.41. The summed E-state index contributed by atoms with van der Waals surface area (Å²) in [4.78, 5) is 1.44. The minimum atomic E-state index is 0.455. The number of nitrogens with one attached hydrogen (secondary N) is 1. The van der Waals surface area contributed by atoms with Crippen molar-refractivity contribution < 1.29 is 0 Å². The smallest absolute Gasteiger partial charge is 0.209 e. The molecule has 0 unspecified atom stereocenters. The second kappa shape index (κ2) is 6.57. The van der Waals surface area contributed by atoms with Crippen molar-refractivity contribution in [3.8, 4) is 0 Å². The second-order valence-electron chi connectivity index (χ2n) is 4.28. The van der Waals surface area contributed by atoms with Crippen molar-refractivity contribution in [2.45, 2.75) is 37.3 Å². The highest BCUT2D eigenvalue weighted by Crippen LogP contribution is 2.16. The van der Waals surface area contributed by atoms with Gasteiger partial charge in [-0.1, -0.05) is 25.6 Å². The van der Waals surface area contributed by atoms with Crippen LogP contribution < -0.4 is 5.32 Å². The van der Waals surface area contributed by atoms with E-state index in [2.05, 4.69) is 50.1 Å². The lowest BCUT2D eigenvalue weighted by Crippen LogP contribution is -2.27. The lowest BCUT2D eigenvalue weighted by Gasteiger charge is -2.08. The molecule has 104 valence electrons. The van der Waals surface area contributed by atoms with Crippen molar-refractivity contribution in [3.05, 3.63) is 5.82 Å². The van der Waals surface area contributed by atoms with Crippen LogP contribution in [0.5, 0.6) is 0 Å². The van der Waals surface area contributed by atoms with Gasteiger partial charge in [-0.15, -0.1) is 15.3 Å². The van der Waals surface area contributed by atoms with E-state index in [0.29, 0.717) is 17.6 Å². The molecule has 10 heteroatoms. The minimum Gasteiger partial charge on any atom is -0.313 e. The van der Waals surface area contributed by atoms with Gasteiger partial charge in [-0.05, 0) is 15.6 Å². The van der Waals surface area contributed by atoms with Crippen molar-refractivity contribution in [2.24, 2.45) is 7.05 Å². The van der Waals surface area contributed by atoms with Gasteiger partial charge in [-0.3, -0.25) is 0 Å². The summed E-state index contributed by atoms with van der Waals surface area (Å²) in [6.07, 6.45) is 0. The zero-order valence-corrected chi connectivity index (χ0v) is 12.0. The van der Waals surface area contributed by atoms with Gasteiger partial charge in [0, 0.05) is 12.6 Å². The summed E-state index contributed by atoms with van der Waals surface area (Å²) in [5.74, 6) is 1.27. The number of nitrogens with zero attached hydrogens (tertiary/aromatic N) is 8. The Balaban J connectivity index is 1.85. The summed E-state index contributed by atoms with van der Waals surface area (Å²) < 4.78 is 1.77. The monoisotopic (exact) mass is 283 g/mol. The van der Waals surface area contributed by atoms with Crippen LogP contribution in [0.15, 0.2) is 5.16 Å². The fourth-order valence-corrected chi connectivity index (χ4v) is 2.15. The third kappa shape index (κ3) is 4.24. The second-order valence-corrected chi connectivity index (χ2v) is 5.22. The van der Waals surface area contributed by atoms with Crippen molar-refractivity contribution in [1.29, 1.82) is 0 Å². The molecule has 0 saturated heterocycles. The topological polar surface area (TPSA) is 99.2 Å². The van der Waals surface area contributed by atoms with Crippen LogP contribution in [0.25, 0.3) is 0 Å². The van der Waals surface area contributed by atoms with Crippen LogP contribution in [0.3, 0.4) is 0 Å². The molecule has 2 heterocycles. The average Bonchev–Trinajstić information content (AvgIpc) is 2.95. The first-order chi connectivity index (χ1) is 9.15. The van der Waals surface area contributed by atoms with Crippen molar-refractivity contribution >= 4 is 11.8 Å². The standard InChI is InChI=1S/C9H17N9S/c1-7(2)10-4-5-18-9(12-14-16-18)19-6-8-11-15-17(3)13-8/h7,10H,4-6H2,1-3H3. The Hall–Kier alpha value is -1.55. The maximum atomic E-state index is 4.11. The summed E-state index contributed by atoms with van der Waals surface area (Å²) in [6.45, 7) is 5.78. The summed E-state index contributed by atoms with van der Waals surface area (Å²) >= 11 is 1.50. The zero-order chi connectivity index (χ0) is 13.7. The third-order valence-corrected chi connectivity index (χ3v) is 3.21. The van der Waals surface area contributed by atoms with E-state index in [1.807, 2.05) is 0 Å². The first kappa shape index (κ1) is 13.9. The summed E-state index contributed by atoms with van der Waals surface area (Å²) in [6, 6.07) is 0.455. The molecular weight excluding hydrogens is 266 g/mol. The molecule has 0 amide bonds. The van der Waals surface area contributed by atoms with E-state index in [1.165, 1.54) is 16.6 Å². The molecule has 0 aliphatic rings. The van der Waals surface area contributed by atoms with Crippen LogP contribution in [0.2, 0.25) is 0 Å². The van der Waals surface area contributed by atoms with Gasteiger partial charge in [0.25, 0.3) is 0 Å². The van der Waals surface area contributed by atoms with E-state index in [1.54, 1.807) is 11.7 Å². The number of aryl methyl sites for hydroxylation is 1. The highest BCUT2D eigenvalue weighted by molar-refractivity contribution is 7.98. The molecule has 0 radical (unpaired) electrons. The maximum absolute atomic E-state index is 4.11. The SMILES string of the molecule is CC(C)NCCn1nnnc1SCc1nnn(C)n1. The lowest BCUT2D eigenvalue weighted by molar-refractivity contribution is 0.485. The van der Waals surface area contributed by atoms with Gasteiger partial charge in [-0.25, -0.2) is 4.68 Å². The molecule has 0 aliphatic carbocycles. The Labute approximate surface area is 115 Å².